The Hall–Kier alpha value is -1.60. The van der Waals surface area contributed by atoms with Crippen LogP contribution in [0.4, 0.5) is 0 Å². The molecule has 1 aromatic carbocycles. The van der Waals surface area contributed by atoms with E-state index in [1.54, 1.807) is 4.57 Å². The van der Waals surface area contributed by atoms with Crippen molar-refractivity contribution in [3.63, 3.8) is 0 Å². The van der Waals surface area contributed by atoms with Gasteiger partial charge in [0.05, 0.1) is 30.0 Å². The van der Waals surface area contributed by atoms with Crippen molar-refractivity contribution in [3.8, 4) is 0 Å². The van der Waals surface area contributed by atoms with Crippen LogP contribution in [0, 0.1) is 6.92 Å². The maximum atomic E-state index is 12.0. The number of nitrogens with zero attached hydrogens (tertiary/aromatic N) is 1. The molecule has 3 unspecified atom stereocenters. The highest BCUT2D eigenvalue weighted by atomic mass is 32.2. The van der Waals surface area contributed by atoms with Gasteiger partial charge in [-0.05, 0) is 43.9 Å². The van der Waals surface area contributed by atoms with E-state index >= 15 is 0 Å². The first kappa shape index (κ1) is 27.0. The summed E-state index contributed by atoms with van der Waals surface area (Å²) in [7, 11) is -2.48. The molecule has 0 amide bonds. The SMILES string of the molecule is C=C1NC2CSCC2N1.C=P(O)(CCCCCC)OCCCCn1c(=O)oc2ccc(C)cc21. The molecule has 2 fully saturated rings. The van der Waals surface area contributed by atoms with Crippen LogP contribution in [0.25, 0.3) is 11.1 Å². The highest BCUT2D eigenvalue weighted by Crippen LogP contribution is 2.42. The molecule has 190 valence electrons. The minimum atomic E-state index is -2.48. The molecule has 2 aliphatic heterocycles. The van der Waals surface area contributed by atoms with E-state index in [0.717, 1.165) is 42.6 Å². The second kappa shape index (κ2) is 12.9. The van der Waals surface area contributed by atoms with Gasteiger partial charge in [0, 0.05) is 24.2 Å². The topological polar surface area (TPSA) is 88.7 Å². The lowest BCUT2D eigenvalue weighted by atomic mass is 10.2. The summed E-state index contributed by atoms with van der Waals surface area (Å²) >= 11 is 2.00. The minimum Gasteiger partial charge on any atom is -0.408 e. The van der Waals surface area contributed by atoms with E-state index in [9.17, 15) is 9.69 Å². The summed E-state index contributed by atoms with van der Waals surface area (Å²) in [6.45, 7) is 9.03. The molecule has 2 aromatic rings. The van der Waals surface area contributed by atoms with Gasteiger partial charge in [-0.1, -0.05) is 45.1 Å². The number of rotatable bonds is 11. The molecule has 4 rings (SSSR count). The third-order valence-corrected chi connectivity index (χ3v) is 8.96. The van der Waals surface area contributed by atoms with Gasteiger partial charge in [0.25, 0.3) is 0 Å². The lowest BCUT2D eigenvalue weighted by Crippen LogP contribution is -2.31. The Morgan fingerprint density at radius 2 is 1.94 bits per heavy atom. The molecular formula is C25H40N3O4PS. The number of unbranched alkanes of at least 4 members (excludes halogenated alkanes) is 4. The zero-order valence-corrected chi connectivity index (χ0v) is 22.3. The van der Waals surface area contributed by atoms with Gasteiger partial charge in [0.1, 0.15) is 7.34 Å². The maximum absolute atomic E-state index is 12.0. The molecule has 0 spiro atoms. The maximum Gasteiger partial charge on any atom is 0.419 e. The van der Waals surface area contributed by atoms with E-state index in [4.69, 9.17) is 8.94 Å². The first-order chi connectivity index (χ1) is 16.3. The molecule has 1 aromatic heterocycles. The summed E-state index contributed by atoms with van der Waals surface area (Å²) in [5.41, 5.74) is 2.56. The van der Waals surface area contributed by atoms with Crippen molar-refractivity contribution in [2.24, 2.45) is 0 Å². The van der Waals surface area contributed by atoms with Crippen LogP contribution in [0.1, 0.15) is 51.0 Å². The van der Waals surface area contributed by atoms with Crippen molar-refractivity contribution >= 4 is 36.5 Å². The predicted molar refractivity (Wildman–Crippen MR) is 146 cm³/mol. The minimum absolute atomic E-state index is 0.321. The molecule has 2 saturated heterocycles. The quantitative estimate of drug-likeness (QED) is 0.299. The van der Waals surface area contributed by atoms with Crippen molar-refractivity contribution in [2.75, 3.05) is 24.3 Å². The van der Waals surface area contributed by atoms with E-state index in [1.165, 1.54) is 24.3 Å². The smallest absolute Gasteiger partial charge is 0.408 e. The van der Waals surface area contributed by atoms with Gasteiger partial charge in [-0.25, -0.2) is 4.79 Å². The Morgan fingerprint density at radius 1 is 1.21 bits per heavy atom. The van der Waals surface area contributed by atoms with Crippen LogP contribution in [0.15, 0.2) is 39.8 Å². The van der Waals surface area contributed by atoms with E-state index < -0.39 is 7.34 Å². The predicted octanol–water partition coefficient (Wildman–Crippen LogP) is 4.69. The van der Waals surface area contributed by atoms with Crippen molar-refractivity contribution in [1.29, 1.82) is 0 Å². The van der Waals surface area contributed by atoms with Gasteiger partial charge in [-0.15, -0.1) is 0 Å². The van der Waals surface area contributed by atoms with Crippen LogP contribution in [-0.4, -0.2) is 52.1 Å². The molecule has 3 heterocycles. The molecule has 0 radical (unpaired) electrons. The fraction of sp³-hybridized carbons (Fsp3) is 0.600. The van der Waals surface area contributed by atoms with Gasteiger partial charge >= 0.3 is 5.76 Å². The van der Waals surface area contributed by atoms with Crippen LogP contribution < -0.4 is 16.4 Å². The Labute approximate surface area is 207 Å². The Bertz CT molecular complexity index is 1040. The summed E-state index contributed by atoms with van der Waals surface area (Å²) in [5, 5.41) is 6.58. The number of aromatic nitrogens is 1. The third kappa shape index (κ3) is 7.98. The van der Waals surface area contributed by atoms with Crippen LogP contribution in [0.3, 0.4) is 0 Å². The van der Waals surface area contributed by atoms with Crippen molar-refractivity contribution in [1.82, 2.24) is 15.2 Å². The number of hydrogen-bond donors (Lipinski definition) is 3. The summed E-state index contributed by atoms with van der Waals surface area (Å²) in [6, 6.07) is 7.04. The van der Waals surface area contributed by atoms with Gasteiger partial charge in [0.15, 0.2) is 5.58 Å². The molecule has 0 saturated carbocycles. The third-order valence-electron chi connectivity index (χ3n) is 6.09. The summed E-state index contributed by atoms with van der Waals surface area (Å²) in [4.78, 5) is 22.2. The monoisotopic (exact) mass is 509 g/mol. The van der Waals surface area contributed by atoms with Crippen LogP contribution in [0.5, 0.6) is 0 Å². The molecule has 9 heteroatoms. The molecule has 0 bridgehead atoms. The number of benzene rings is 1. The molecule has 7 nitrogen and oxygen atoms in total. The molecule has 3 atom stereocenters. The number of oxazole rings is 1. The van der Waals surface area contributed by atoms with Gasteiger partial charge in [0.2, 0.25) is 0 Å². The molecule has 0 aliphatic carbocycles. The largest absolute Gasteiger partial charge is 0.419 e. The Kier molecular flexibility index (Phi) is 10.3. The highest BCUT2D eigenvalue weighted by Gasteiger charge is 2.32. The van der Waals surface area contributed by atoms with Gasteiger partial charge in [-0.3, -0.25) is 4.57 Å². The fourth-order valence-corrected chi connectivity index (χ4v) is 6.76. The molecule has 3 N–H and O–H groups in total. The van der Waals surface area contributed by atoms with E-state index in [1.807, 2.05) is 36.9 Å². The first-order valence-electron chi connectivity index (χ1n) is 12.3. The Morgan fingerprint density at radius 3 is 2.65 bits per heavy atom. The second-order valence-corrected chi connectivity index (χ2v) is 12.7. The Balaban J connectivity index is 0.000000296. The van der Waals surface area contributed by atoms with Crippen molar-refractivity contribution in [3.05, 3.63) is 46.7 Å². The highest BCUT2D eigenvalue weighted by molar-refractivity contribution is 7.99. The lowest BCUT2D eigenvalue weighted by molar-refractivity contribution is 0.292. The average Bonchev–Trinajstić information content (AvgIpc) is 3.44. The normalized spacial score (nSPS) is 20.9. The van der Waals surface area contributed by atoms with Gasteiger partial charge in [-0.2, -0.15) is 11.8 Å². The number of aryl methyl sites for hydroxylation is 2. The van der Waals surface area contributed by atoms with Crippen LogP contribution in [-0.2, 0) is 11.1 Å². The lowest BCUT2D eigenvalue weighted by Gasteiger charge is -2.18. The summed E-state index contributed by atoms with van der Waals surface area (Å²) < 4.78 is 12.5. The first-order valence-corrected chi connectivity index (χ1v) is 15.5. The van der Waals surface area contributed by atoms with Crippen LogP contribution in [0.2, 0.25) is 0 Å². The molecule has 2 aliphatic rings. The van der Waals surface area contributed by atoms with Crippen molar-refractivity contribution in [2.45, 2.75) is 71.0 Å². The molecule has 34 heavy (non-hydrogen) atoms. The van der Waals surface area contributed by atoms with Crippen LogP contribution >= 0.6 is 19.1 Å². The number of nitrogens with one attached hydrogen (secondary N) is 2. The number of hydrogen-bond acceptors (Lipinski definition) is 7. The average molecular weight is 510 g/mol. The van der Waals surface area contributed by atoms with Crippen molar-refractivity contribution < 1.29 is 13.8 Å². The van der Waals surface area contributed by atoms with E-state index in [2.05, 4.69) is 30.4 Å². The summed E-state index contributed by atoms with van der Waals surface area (Å²) in [5.74, 6) is 3.15. The number of fused-ring (bicyclic) bond motifs is 2. The van der Waals surface area contributed by atoms with Gasteiger partial charge < -0.3 is 24.5 Å². The fourth-order valence-electron chi connectivity index (χ4n) is 4.17. The summed E-state index contributed by atoms with van der Waals surface area (Å²) in [6.07, 6.45) is 10.5. The van der Waals surface area contributed by atoms with E-state index in [0.29, 0.717) is 37.0 Å². The molecular weight excluding hydrogens is 469 g/mol. The second-order valence-electron chi connectivity index (χ2n) is 9.18. The van der Waals surface area contributed by atoms with E-state index in [-0.39, 0.29) is 5.76 Å². The zero-order valence-electron chi connectivity index (χ0n) is 20.6. The zero-order chi connectivity index (χ0) is 24.6. The number of thioether (sulfide) groups is 1. The standard InChI is InChI=1S/C19H30NO4P.C6H10N2S/c1-4-5-6-9-14-25(3,22)23-13-8-7-12-20-17-15-16(2)10-11-18(17)24-19(20)21;1-4-7-5-2-9-3-6(5)8-4/h10-11,15,22H,3-9,12-14H2,1-2H3;5-8H,1-3H2.